The molecule has 0 atom stereocenters. The summed E-state index contributed by atoms with van der Waals surface area (Å²) in [7, 11) is 0. The molecule has 1 aromatic rings. The third kappa shape index (κ3) is 4.68. The van der Waals surface area contributed by atoms with Crippen molar-refractivity contribution in [2.24, 2.45) is 5.10 Å². The zero-order valence-electron chi connectivity index (χ0n) is 9.88. The number of rotatable bonds is 4. The van der Waals surface area contributed by atoms with E-state index < -0.39 is 28.4 Å². The van der Waals surface area contributed by atoms with Gasteiger partial charge in [-0.25, -0.2) is 0 Å². The smallest absolute Gasteiger partial charge is 0.398 e. The molecule has 21 heavy (non-hydrogen) atoms. The van der Waals surface area contributed by atoms with Crippen molar-refractivity contribution in [3.05, 3.63) is 28.3 Å². The second-order valence-corrected chi connectivity index (χ2v) is 3.28. The second kappa shape index (κ2) is 6.21. The topological polar surface area (TPSA) is 124 Å². The molecule has 0 radical (unpaired) electrons. The lowest BCUT2D eigenvalue weighted by Gasteiger charge is -2.09. The molecule has 0 aliphatic rings. The van der Waals surface area contributed by atoms with Crippen molar-refractivity contribution in [2.75, 3.05) is 5.43 Å². The van der Waals surface area contributed by atoms with E-state index in [-0.39, 0.29) is 5.69 Å². The van der Waals surface area contributed by atoms with Crippen LogP contribution in [0.3, 0.4) is 0 Å². The van der Waals surface area contributed by atoms with Crippen molar-refractivity contribution in [1.29, 1.82) is 10.5 Å². The maximum Gasteiger partial charge on any atom is 0.573 e. The van der Waals surface area contributed by atoms with Gasteiger partial charge in [-0.2, -0.15) is 15.6 Å². The monoisotopic (exact) mass is 299 g/mol. The number of nitro groups is 1. The number of halogens is 3. The van der Waals surface area contributed by atoms with E-state index in [2.05, 4.69) is 15.3 Å². The average Bonchev–Trinajstić information content (AvgIpc) is 2.39. The molecule has 11 heteroatoms. The summed E-state index contributed by atoms with van der Waals surface area (Å²) in [6.45, 7) is 0. The van der Waals surface area contributed by atoms with Crippen LogP contribution in [0, 0.1) is 32.8 Å². The fourth-order valence-corrected chi connectivity index (χ4v) is 1.14. The van der Waals surface area contributed by atoms with Gasteiger partial charge < -0.3 is 4.74 Å². The van der Waals surface area contributed by atoms with E-state index in [1.165, 1.54) is 12.1 Å². The Bertz CT molecular complexity index is 656. The van der Waals surface area contributed by atoms with E-state index in [4.69, 9.17) is 10.5 Å². The maximum atomic E-state index is 12.1. The molecule has 0 amide bonds. The molecule has 1 aromatic carbocycles. The Hall–Kier alpha value is -3.34. The molecule has 1 rings (SSSR count). The lowest BCUT2D eigenvalue weighted by atomic mass is 10.2. The first-order chi connectivity index (χ1) is 9.76. The van der Waals surface area contributed by atoms with E-state index in [1.807, 2.05) is 0 Å². The molecular formula is C10H4F3N5O3. The Morgan fingerprint density at radius 1 is 1.38 bits per heavy atom. The quantitative estimate of drug-likeness (QED) is 0.516. The molecule has 0 aliphatic carbocycles. The van der Waals surface area contributed by atoms with Gasteiger partial charge in [0.2, 0.25) is 11.5 Å². The average molecular weight is 299 g/mol. The van der Waals surface area contributed by atoms with E-state index in [0.29, 0.717) is 6.07 Å². The zero-order valence-corrected chi connectivity index (χ0v) is 9.88. The number of nitro benzene ring substituents is 1. The molecule has 0 aliphatic heterocycles. The van der Waals surface area contributed by atoms with Crippen molar-refractivity contribution in [3.8, 4) is 17.9 Å². The number of nitrogens with zero attached hydrogens (tertiary/aromatic N) is 4. The Balaban J connectivity index is 3.11. The number of ether oxygens (including phenoxy) is 1. The number of nitriles is 2. The second-order valence-electron chi connectivity index (χ2n) is 3.28. The van der Waals surface area contributed by atoms with Crippen LogP contribution in [0.1, 0.15) is 0 Å². The lowest BCUT2D eigenvalue weighted by Crippen LogP contribution is -2.18. The van der Waals surface area contributed by atoms with Gasteiger partial charge in [0.25, 0.3) is 0 Å². The van der Waals surface area contributed by atoms with E-state index in [0.717, 1.165) is 12.1 Å². The van der Waals surface area contributed by atoms with Gasteiger partial charge in [0, 0.05) is 6.07 Å². The van der Waals surface area contributed by atoms with Crippen LogP contribution in [-0.2, 0) is 0 Å². The highest BCUT2D eigenvalue weighted by Gasteiger charge is 2.34. The summed E-state index contributed by atoms with van der Waals surface area (Å²) in [5.41, 5.74) is 0.518. The Kier molecular flexibility index (Phi) is 4.64. The fourth-order valence-electron chi connectivity index (χ4n) is 1.14. The molecule has 0 spiro atoms. The maximum absolute atomic E-state index is 12.1. The van der Waals surface area contributed by atoms with Crippen LogP contribution in [-0.4, -0.2) is 17.0 Å². The van der Waals surface area contributed by atoms with Gasteiger partial charge in [-0.3, -0.25) is 15.5 Å². The molecule has 108 valence electrons. The lowest BCUT2D eigenvalue weighted by molar-refractivity contribution is -0.388. The summed E-state index contributed by atoms with van der Waals surface area (Å²) in [6.07, 6.45) is -5.08. The summed E-state index contributed by atoms with van der Waals surface area (Å²) < 4.78 is 39.7. The van der Waals surface area contributed by atoms with Crippen molar-refractivity contribution < 1.29 is 22.8 Å². The molecule has 0 unspecified atom stereocenters. The number of hydrazone groups is 1. The van der Waals surface area contributed by atoms with Gasteiger partial charge in [-0.1, -0.05) is 0 Å². The Morgan fingerprint density at radius 3 is 2.48 bits per heavy atom. The fraction of sp³-hybridized carbons (Fsp3) is 0.100. The summed E-state index contributed by atoms with van der Waals surface area (Å²) in [6, 6.07) is 5.28. The molecule has 0 fully saturated rings. The Labute approximate surface area is 114 Å². The molecule has 0 aromatic heterocycles. The normalized spacial score (nSPS) is 9.95. The first-order valence-corrected chi connectivity index (χ1v) is 4.95. The van der Waals surface area contributed by atoms with Crippen LogP contribution in [0.2, 0.25) is 0 Å². The summed E-state index contributed by atoms with van der Waals surface area (Å²) in [5, 5.41) is 30.8. The SMILES string of the molecule is N#CC(C#N)=NNc1ccc(OC(F)(F)F)c([N+](=O)[O-])c1. The number of alkyl halides is 3. The minimum absolute atomic E-state index is 0.0979. The molecule has 8 nitrogen and oxygen atoms in total. The molecule has 0 saturated carbocycles. The zero-order chi connectivity index (χ0) is 16.0. The van der Waals surface area contributed by atoms with Crippen LogP contribution in [0.15, 0.2) is 23.3 Å². The van der Waals surface area contributed by atoms with Crippen LogP contribution in [0.4, 0.5) is 24.5 Å². The molecule has 0 saturated heterocycles. The summed E-state index contributed by atoms with van der Waals surface area (Å²) in [5.74, 6) is -0.997. The first-order valence-electron chi connectivity index (χ1n) is 4.95. The number of nitrogens with one attached hydrogen (secondary N) is 1. The Morgan fingerprint density at radius 2 is 2.00 bits per heavy atom. The number of hydrogen-bond donors (Lipinski definition) is 1. The highest BCUT2D eigenvalue weighted by Crippen LogP contribution is 2.34. The van der Waals surface area contributed by atoms with Gasteiger partial charge in [-0.15, -0.1) is 13.2 Å². The summed E-state index contributed by atoms with van der Waals surface area (Å²) >= 11 is 0. The molecule has 1 N–H and O–H groups in total. The molecule has 0 bridgehead atoms. The van der Waals surface area contributed by atoms with Gasteiger partial charge >= 0.3 is 12.0 Å². The minimum atomic E-state index is -5.08. The number of benzene rings is 1. The largest absolute Gasteiger partial charge is 0.573 e. The third-order valence-corrected chi connectivity index (χ3v) is 1.89. The van der Waals surface area contributed by atoms with E-state index >= 15 is 0 Å². The van der Waals surface area contributed by atoms with Gasteiger partial charge in [-0.05, 0) is 12.1 Å². The molecule has 0 heterocycles. The number of anilines is 1. The van der Waals surface area contributed by atoms with E-state index in [1.54, 1.807) is 0 Å². The van der Waals surface area contributed by atoms with Crippen molar-refractivity contribution in [2.45, 2.75) is 6.36 Å². The van der Waals surface area contributed by atoms with Gasteiger partial charge in [0.1, 0.15) is 12.1 Å². The first kappa shape index (κ1) is 15.7. The minimum Gasteiger partial charge on any atom is -0.398 e. The molecular weight excluding hydrogens is 295 g/mol. The van der Waals surface area contributed by atoms with E-state index in [9.17, 15) is 23.3 Å². The van der Waals surface area contributed by atoms with Crippen molar-refractivity contribution >= 4 is 17.1 Å². The van der Waals surface area contributed by atoms with Crippen LogP contribution < -0.4 is 10.2 Å². The van der Waals surface area contributed by atoms with Crippen molar-refractivity contribution in [1.82, 2.24) is 0 Å². The van der Waals surface area contributed by atoms with Crippen LogP contribution in [0.25, 0.3) is 0 Å². The van der Waals surface area contributed by atoms with Gasteiger partial charge in [0.05, 0.1) is 10.6 Å². The van der Waals surface area contributed by atoms with Crippen LogP contribution in [0.5, 0.6) is 5.75 Å². The standard InChI is InChI=1S/C10H4F3N5O3/c11-10(12,13)21-9-2-1-6(3-8(9)18(19)20)16-17-7(4-14)5-15/h1-3,16H. The predicted octanol–water partition coefficient (Wildman–Crippen LogP) is 2.31. The van der Waals surface area contributed by atoms with Gasteiger partial charge in [0.15, 0.2) is 0 Å². The highest BCUT2D eigenvalue weighted by atomic mass is 19.4. The predicted molar refractivity (Wildman–Crippen MR) is 62.1 cm³/mol. The highest BCUT2D eigenvalue weighted by molar-refractivity contribution is 6.10. The van der Waals surface area contributed by atoms with Crippen molar-refractivity contribution in [3.63, 3.8) is 0 Å². The van der Waals surface area contributed by atoms with Crippen LogP contribution >= 0.6 is 0 Å². The number of hydrogen-bond acceptors (Lipinski definition) is 7. The summed E-state index contributed by atoms with van der Waals surface area (Å²) in [4.78, 5) is 9.62. The third-order valence-electron chi connectivity index (χ3n) is 1.89.